The van der Waals surface area contributed by atoms with Crippen LogP contribution in [0.15, 0.2) is 24.3 Å². The minimum absolute atomic E-state index is 0.457. The monoisotopic (exact) mass is 273 g/mol. The number of nitrogens with zero attached hydrogens (tertiary/aromatic N) is 1. The van der Waals surface area contributed by atoms with E-state index in [1.165, 1.54) is 45.3 Å². The summed E-state index contributed by atoms with van der Waals surface area (Å²) in [6.07, 6.45) is 5.12. The molecule has 0 spiro atoms. The van der Waals surface area contributed by atoms with Gasteiger partial charge in [0, 0.05) is 6.54 Å². The van der Waals surface area contributed by atoms with E-state index < -0.39 is 0 Å². The Balaban J connectivity index is 1.95. The van der Waals surface area contributed by atoms with E-state index in [4.69, 9.17) is 0 Å². The maximum absolute atomic E-state index is 2.67. The standard InChI is InChI=1S/C19H31N/c1-5-8-16-9-6-7-10-18(16)17-11-13-20(15-17)14-12-19(2,3)4/h6-7,9-10,17H,5,8,11-15H2,1-4H3. The lowest BCUT2D eigenvalue weighted by molar-refractivity contribution is 0.263. The fourth-order valence-electron chi connectivity index (χ4n) is 3.21. The van der Waals surface area contributed by atoms with Crippen LogP contribution < -0.4 is 0 Å². The van der Waals surface area contributed by atoms with E-state index in [1.54, 1.807) is 11.1 Å². The molecule has 1 atom stereocenters. The average molecular weight is 273 g/mol. The fourth-order valence-corrected chi connectivity index (χ4v) is 3.21. The molecule has 1 unspecified atom stereocenters. The maximum atomic E-state index is 2.67. The Hall–Kier alpha value is -0.820. The van der Waals surface area contributed by atoms with Crippen LogP contribution in [0.25, 0.3) is 0 Å². The molecule has 0 aromatic heterocycles. The SMILES string of the molecule is CCCc1ccccc1C1CCN(CCC(C)(C)C)C1. The van der Waals surface area contributed by atoms with Crippen molar-refractivity contribution in [3.8, 4) is 0 Å². The van der Waals surface area contributed by atoms with E-state index in [0.717, 1.165) is 5.92 Å². The molecular weight excluding hydrogens is 242 g/mol. The van der Waals surface area contributed by atoms with Crippen LogP contribution in [0.3, 0.4) is 0 Å². The van der Waals surface area contributed by atoms with Crippen molar-refractivity contribution in [1.29, 1.82) is 0 Å². The number of hydrogen-bond donors (Lipinski definition) is 0. The quantitative estimate of drug-likeness (QED) is 0.740. The second kappa shape index (κ2) is 6.76. The number of likely N-dealkylation sites (tertiary alicyclic amines) is 1. The Morgan fingerprint density at radius 2 is 1.95 bits per heavy atom. The lowest BCUT2D eigenvalue weighted by Gasteiger charge is -2.23. The van der Waals surface area contributed by atoms with Crippen molar-refractivity contribution in [3.63, 3.8) is 0 Å². The third kappa shape index (κ3) is 4.34. The van der Waals surface area contributed by atoms with E-state index in [-0.39, 0.29) is 0 Å². The van der Waals surface area contributed by atoms with Crippen molar-refractivity contribution in [2.45, 2.75) is 59.3 Å². The van der Waals surface area contributed by atoms with Gasteiger partial charge in [-0.1, -0.05) is 58.4 Å². The van der Waals surface area contributed by atoms with Gasteiger partial charge >= 0.3 is 0 Å². The molecule has 1 aliphatic heterocycles. The first kappa shape index (κ1) is 15.6. The molecule has 1 fully saturated rings. The van der Waals surface area contributed by atoms with Crippen LogP contribution in [0.4, 0.5) is 0 Å². The van der Waals surface area contributed by atoms with Gasteiger partial charge in [-0.25, -0.2) is 0 Å². The molecule has 1 saturated heterocycles. The van der Waals surface area contributed by atoms with Gasteiger partial charge in [-0.2, -0.15) is 0 Å². The van der Waals surface area contributed by atoms with Crippen molar-refractivity contribution < 1.29 is 0 Å². The van der Waals surface area contributed by atoms with Gasteiger partial charge in [-0.15, -0.1) is 0 Å². The summed E-state index contributed by atoms with van der Waals surface area (Å²) in [5.74, 6) is 0.762. The summed E-state index contributed by atoms with van der Waals surface area (Å²) < 4.78 is 0. The molecule has 20 heavy (non-hydrogen) atoms. The maximum Gasteiger partial charge on any atom is 0.00509 e. The van der Waals surface area contributed by atoms with Gasteiger partial charge in [-0.05, 0) is 54.8 Å². The highest BCUT2D eigenvalue weighted by Gasteiger charge is 2.25. The lowest BCUT2D eigenvalue weighted by Crippen LogP contribution is -2.25. The first-order chi connectivity index (χ1) is 9.49. The first-order valence-corrected chi connectivity index (χ1v) is 8.30. The molecule has 1 heteroatoms. The van der Waals surface area contributed by atoms with E-state index >= 15 is 0 Å². The zero-order chi connectivity index (χ0) is 14.6. The van der Waals surface area contributed by atoms with Crippen molar-refractivity contribution in [1.82, 2.24) is 4.90 Å². The van der Waals surface area contributed by atoms with Crippen LogP contribution in [-0.4, -0.2) is 24.5 Å². The van der Waals surface area contributed by atoms with Crippen molar-refractivity contribution >= 4 is 0 Å². The summed E-state index contributed by atoms with van der Waals surface area (Å²) in [7, 11) is 0. The molecule has 1 aromatic rings. The van der Waals surface area contributed by atoms with Gasteiger partial charge < -0.3 is 4.90 Å². The number of aryl methyl sites for hydroxylation is 1. The zero-order valence-electron chi connectivity index (χ0n) is 13.8. The second-order valence-electron chi connectivity index (χ2n) is 7.55. The molecule has 0 saturated carbocycles. The van der Waals surface area contributed by atoms with E-state index in [0.29, 0.717) is 5.41 Å². The van der Waals surface area contributed by atoms with Crippen LogP contribution in [0.5, 0.6) is 0 Å². The Kier molecular flexibility index (Phi) is 5.26. The topological polar surface area (TPSA) is 3.24 Å². The van der Waals surface area contributed by atoms with Gasteiger partial charge in [-0.3, -0.25) is 0 Å². The third-order valence-corrected chi connectivity index (χ3v) is 4.46. The molecule has 0 N–H and O–H groups in total. The molecule has 1 aliphatic rings. The van der Waals surface area contributed by atoms with Crippen molar-refractivity contribution in [3.05, 3.63) is 35.4 Å². The molecular formula is C19H31N. The Morgan fingerprint density at radius 1 is 1.20 bits per heavy atom. The van der Waals surface area contributed by atoms with E-state index in [2.05, 4.69) is 56.9 Å². The molecule has 112 valence electrons. The van der Waals surface area contributed by atoms with Gasteiger partial charge in [0.05, 0.1) is 0 Å². The van der Waals surface area contributed by atoms with Crippen LogP contribution in [0.1, 0.15) is 64.0 Å². The third-order valence-electron chi connectivity index (χ3n) is 4.46. The average Bonchev–Trinajstić information content (AvgIpc) is 2.85. The molecule has 1 aromatic carbocycles. The van der Waals surface area contributed by atoms with Crippen molar-refractivity contribution in [2.24, 2.45) is 5.41 Å². The van der Waals surface area contributed by atoms with Gasteiger partial charge in [0.25, 0.3) is 0 Å². The highest BCUT2D eigenvalue weighted by molar-refractivity contribution is 5.31. The number of benzene rings is 1. The van der Waals surface area contributed by atoms with Crippen LogP contribution in [0.2, 0.25) is 0 Å². The van der Waals surface area contributed by atoms with Gasteiger partial charge in [0.15, 0.2) is 0 Å². The highest BCUT2D eigenvalue weighted by atomic mass is 15.1. The molecule has 0 bridgehead atoms. The van der Waals surface area contributed by atoms with Gasteiger partial charge in [0.2, 0.25) is 0 Å². The number of rotatable bonds is 5. The van der Waals surface area contributed by atoms with Crippen molar-refractivity contribution in [2.75, 3.05) is 19.6 Å². The number of hydrogen-bond acceptors (Lipinski definition) is 1. The van der Waals surface area contributed by atoms with E-state index in [9.17, 15) is 0 Å². The van der Waals surface area contributed by atoms with E-state index in [1.807, 2.05) is 0 Å². The molecule has 0 radical (unpaired) electrons. The summed E-state index contributed by atoms with van der Waals surface area (Å²) in [4.78, 5) is 2.67. The molecule has 2 rings (SSSR count). The largest absolute Gasteiger partial charge is 0.303 e. The Bertz CT molecular complexity index is 416. The van der Waals surface area contributed by atoms with Gasteiger partial charge in [0.1, 0.15) is 0 Å². The Morgan fingerprint density at radius 3 is 2.65 bits per heavy atom. The lowest BCUT2D eigenvalue weighted by atomic mass is 9.91. The normalized spacial score (nSPS) is 20.5. The minimum atomic E-state index is 0.457. The van der Waals surface area contributed by atoms with Crippen LogP contribution in [-0.2, 0) is 6.42 Å². The Labute approximate surface area is 125 Å². The first-order valence-electron chi connectivity index (χ1n) is 8.30. The summed E-state index contributed by atoms with van der Waals surface area (Å²) in [6, 6.07) is 9.10. The smallest absolute Gasteiger partial charge is 0.00509 e. The predicted molar refractivity (Wildman–Crippen MR) is 88.3 cm³/mol. The highest BCUT2D eigenvalue weighted by Crippen LogP contribution is 2.31. The summed E-state index contributed by atoms with van der Waals surface area (Å²) in [5.41, 5.74) is 3.66. The minimum Gasteiger partial charge on any atom is -0.303 e. The summed E-state index contributed by atoms with van der Waals surface area (Å²) in [5, 5.41) is 0. The fraction of sp³-hybridized carbons (Fsp3) is 0.684. The molecule has 1 heterocycles. The summed E-state index contributed by atoms with van der Waals surface area (Å²) in [6.45, 7) is 13.1. The zero-order valence-corrected chi connectivity index (χ0v) is 13.8. The second-order valence-corrected chi connectivity index (χ2v) is 7.55. The van der Waals surface area contributed by atoms with Crippen LogP contribution in [0, 0.1) is 5.41 Å². The molecule has 0 amide bonds. The molecule has 1 nitrogen and oxygen atoms in total. The predicted octanol–water partition coefficient (Wildman–Crippen LogP) is 4.86. The molecule has 0 aliphatic carbocycles. The van der Waals surface area contributed by atoms with Crippen LogP contribution >= 0.6 is 0 Å². The summed E-state index contributed by atoms with van der Waals surface area (Å²) >= 11 is 0.